The summed E-state index contributed by atoms with van der Waals surface area (Å²) >= 11 is 0. The van der Waals surface area contributed by atoms with E-state index in [1.807, 2.05) is 18.2 Å². The molecule has 0 bridgehead atoms. The van der Waals surface area contributed by atoms with E-state index < -0.39 is 18.0 Å². The molecule has 2 aliphatic rings. The third-order valence-electron chi connectivity index (χ3n) is 5.05. The lowest BCUT2D eigenvalue weighted by atomic mass is 9.99. The minimum atomic E-state index is -4.54. The maximum Gasteiger partial charge on any atom is 0.433 e. The first kappa shape index (κ1) is 18.7. The number of amides is 1. The normalized spacial score (nSPS) is 20.0. The monoisotopic (exact) mass is 392 g/mol. The number of hydrogen-bond acceptors (Lipinski definition) is 5. The Morgan fingerprint density at radius 1 is 1.14 bits per heavy atom. The summed E-state index contributed by atoms with van der Waals surface area (Å²) in [7, 11) is 0. The number of nitrogens with zero attached hydrogens (tertiary/aromatic N) is 4. The second kappa shape index (κ2) is 7.38. The van der Waals surface area contributed by atoms with Gasteiger partial charge < -0.3 is 14.5 Å². The van der Waals surface area contributed by atoms with Gasteiger partial charge in [0.15, 0.2) is 6.10 Å². The van der Waals surface area contributed by atoms with Gasteiger partial charge in [0.25, 0.3) is 5.91 Å². The molecule has 3 heterocycles. The molecule has 2 aromatic rings. The number of benzene rings is 1. The molecule has 4 rings (SSSR count). The number of anilines is 1. The van der Waals surface area contributed by atoms with Crippen LogP contribution in [-0.4, -0.2) is 53.1 Å². The van der Waals surface area contributed by atoms with Crippen molar-refractivity contribution in [2.45, 2.75) is 25.2 Å². The van der Waals surface area contributed by atoms with Crippen molar-refractivity contribution >= 4 is 11.7 Å². The minimum Gasteiger partial charge on any atom is -0.365 e. The Bertz CT molecular complexity index is 874. The molecule has 1 aromatic heterocycles. The molecule has 0 spiro atoms. The first-order valence-corrected chi connectivity index (χ1v) is 9.03. The van der Waals surface area contributed by atoms with E-state index in [1.54, 1.807) is 9.80 Å². The van der Waals surface area contributed by atoms with Crippen molar-refractivity contribution in [3.8, 4) is 0 Å². The molecule has 1 unspecified atom stereocenters. The quantitative estimate of drug-likeness (QED) is 0.785. The number of fused-ring (bicyclic) bond motifs is 1. The van der Waals surface area contributed by atoms with Gasteiger partial charge in [-0.05, 0) is 17.5 Å². The van der Waals surface area contributed by atoms with E-state index >= 15 is 0 Å². The van der Waals surface area contributed by atoms with Crippen LogP contribution in [-0.2, 0) is 28.7 Å². The lowest BCUT2D eigenvalue weighted by Crippen LogP contribution is -2.52. The third-order valence-corrected chi connectivity index (χ3v) is 5.05. The molecule has 148 valence electrons. The predicted octanol–water partition coefficient (Wildman–Crippen LogP) is 2.29. The summed E-state index contributed by atoms with van der Waals surface area (Å²) in [4.78, 5) is 23.5. The average molecular weight is 392 g/mol. The summed E-state index contributed by atoms with van der Waals surface area (Å²) in [5.41, 5.74) is 1.35. The summed E-state index contributed by atoms with van der Waals surface area (Å²) in [6.07, 6.45) is -3.60. The highest BCUT2D eigenvalue weighted by Crippen LogP contribution is 2.29. The molecule has 1 aromatic carbocycles. The van der Waals surface area contributed by atoms with Crippen molar-refractivity contribution in [1.29, 1.82) is 0 Å². The Morgan fingerprint density at radius 2 is 1.93 bits per heavy atom. The van der Waals surface area contributed by atoms with Gasteiger partial charge in [-0.15, -0.1) is 0 Å². The number of aromatic nitrogens is 2. The van der Waals surface area contributed by atoms with Crippen LogP contribution in [0.1, 0.15) is 16.8 Å². The molecule has 1 amide bonds. The topological polar surface area (TPSA) is 58.6 Å². The molecule has 28 heavy (non-hydrogen) atoms. The van der Waals surface area contributed by atoms with Crippen molar-refractivity contribution in [3.05, 3.63) is 53.5 Å². The van der Waals surface area contributed by atoms with Crippen molar-refractivity contribution in [1.82, 2.24) is 14.9 Å². The number of ether oxygens (including phenoxy) is 1. The maximum atomic E-state index is 12.9. The fourth-order valence-electron chi connectivity index (χ4n) is 3.57. The second-order valence-electron chi connectivity index (χ2n) is 6.84. The zero-order chi connectivity index (χ0) is 19.7. The molecule has 6 nitrogen and oxygen atoms in total. The summed E-state index contributed by atoms with van der Waals surface area (Å²) in [6, 6.07) is 8.89. The highest BCUT2D eigenvalue weighted by Gasteiger charge is 2.35. The predicted molar refractivity (Wildman–Crippen MR) is 94.6 cm³/mol. The van der Waals surface area contributed by atoms with Gasteiger partial charge in [0.2, 0.25) is 0 Å². The summed E-state index contributed by atoms with van der Waals surface area (Å²) < 4.78 is 44.4. The number of morpholine rings is 1. The number of rotatable bonds is 2. The molecule has 1 saturated heterocycles. The lowest BCUT2D eigenvalue weighted by Gasteiger charge is -2.37. The van der Waals surface area contributed by atoms with Gasteiger partial charge in [0.1, 0.15) is 17.8 Å². The van der Waals surface area contributed by atoms with Gasteiger partial charge in [-0.3, -0.25) is 4.79 Å². The van der Waals surface area contributed by atoms with Gasteiger partial charge in [-0.2, -0.15) is 13.2 Å². The van der Waals surface area contributed by atoms with Crippen LogP contribution in [0.4, 0.5) is 19.0 Å². The number of carbonyl (C=O) groups is 1. The fourth-order valence-corrected chi connectivity index (χ4v) is 3.57. The summed E-state index contributed by atoms with van der Waals surface area (Å²) in [5, 5.41) is 0. The number of hydrogen-bond donors (Lipinski definition) is 0. The lowest BCUT2D eigenvalue weighted by molar-refractivity contribution is -0.145. The van der Waals surface area contributed by atoms with E-state index in [0.29, 0.717) is 19.6 Å². The van der Waals surface area contributed by atoms with E-state index in [9.17, 15) is 18.0 Å². The van der Waals surface area contributed by atoms with Crippen LogP contribution in [0, 0.1) is 0 Å². The fraction of sp³-hybridized carbons (Fsp3) is 0.421. The minimum absolute atomic E-state index is 0.146. The van der Waals surface area contributed by atoms with E-state index in [2.05, 4.69) is 16.0 Å². The highest BCUT2D eigenvalue weighted by molar-refractivity contribution is 5.82. The Labute approximate surface area is 159 Å². The smallest absolute Gasteiger partial charge is 0.365 e. The van der Waals surface area contributed by atoms with E-state index in [1.165, 1.54) is 5.56 Å². The van der Waals surface area contributed by atoms with Gasteiger partial charge in [-0.25, -0.2) is 9.97 Å². The maximum absolute atomic E-state index is 12.9. The van der Waals surface area contributed by atoms with Crippen molar-refractivity contribution in [3.63, 3.8) is 0 Å². The van der Waals surface area contributed by atoms with Crippen LogP contribution in [0.25, 0.3) is 0 Å². The van der Waals surface area contributed by atoms with Crippen molar-refractivity contribution < 1.29 is 22.7 Å². The molecule has 1 fully saturated rings. The highest BCUT2D eigenvalue weighted by atomic mass is 19.4. The van der Waals surface area contributed by atoms with Crippen LogP contribution in [0.15, 0.2) is 36.7 Å². The molecule has 0 aliphatic carbocycles. The summed E-state index contributed by atoms with van der Waals surface area (Å²) in [5.74, 6) is -0.00304. The molecule has 1 atom stereocenters. The number of carbonyl (C=O) groups excluding carboxylic acids is 1. The second-order valence-corrected chi connectivity index (χ2v) is 6.84. The first-order valence-electron chi connectivity index (χ1n) is 9.03. The summed E-state index contributed by atoms with van der Waals surface area (Å²) in [6.45, 7) is 1.88. The SMILES string of the molecule is O=C(C1CN(c2cc(C(F)(F)F)ncn2)CCO1)N1CCc2ccccc2C1. The Balaban J connectivity index is 1.46. The standard InChI is InChI=1S/C19H19F3N4O2/c20-19(21,22)16-9-17(24-12-23-16)25-7-8-28-15(11-25)18(27)26-6-5-13-3-1-2-4-14(13)10-26/h1-4,9,12,15H,5-8,10-11H2. The van der Waals surface area contributed by atoms with Crippen LogP contribution in [0.5, 0.6) is 0 Å². The Morgan fingerprint density at radius 3 is 2.71 bits per heavy atom. The zero-order valence-electron chi connectivity index (χ0n) is 15.0. The Kier molecular flexibility index (Phi) is 4.92. The van der Waals surface area contributed by atoms with Crippen LogP contribution in [0.2, 0.25) is 0 Å². The largest absolute Gasteiger partial charge is 0.433 e. The van der Waals surface area contributed by atoms with E-state index in [0.717, 1.165) is 24.4 Å². The Hall–Kier alpha value is -2.68. The van der Waals surface area contributed by atoms with Crippen molar-refractivity contribution in [2.24, 2.45) is 0 Å². The molecule has 0 saturated carbocycles. The van der Waals surface area contributed by atoms with E-state index in [-0.39, 0.29) is 24.9 Å². The zero-order valence-corrected chi connectivity index (χ0v) is 15.0. The molecular formula is C19H19F3N4O2. The number of alkyl halides is 3. The van der Waals surface area contributed by atoms with Crippen LogP contribution in [0.3, 0.4) is 0 Å². The van der Waals surface area contributed by atoms with E-state index in [4.69, 9.17) is 4.74 Å². The number of halogens is 3. The first-order chi connectivity index (χ1) is 13.4. The molecule has 0 radical (unpaired) electrons. The molecule has 2 aliphatic heterocycles. The van der Waals surface area contributed by atoms with Gasteiger partial charge in [-0.1, -0.05) is 24.3 Å². The third kappa shape index (κ3) is 3.80. The molecular weight excluding hydrogens is 373 g/mol. The van der Waals surface area contributed by atoms with Gasteiger partial charge in [0.05, 0.1) is 13.2 Å². The van der Waals surface area contributed by atoms with Crippen molar-refractivity contribution in [2.75, 3.05) is 31.1 Å². The van der Waals surface area contributed by atoms with Gasteiger partial charge in [0, 0.05) is 25.7 Å². The van der Waals surface area contributed by atoms with Gasteiger partial charge >= 0.3 is 6.18 Å². The average Bonchev–Trinajstić information content (AvgIpc) is 2.72. The molecule has 9 heteroatoms. The van der Waals surface area contributed by atoms with Crippen LogP contribution >= 0.6 is 0 Å². The molecule has 0 N–H and O–H groups in total. The van der Waals surface area contributed by atoms with Crippen LogP contribution < -0.4 is 4.90 Å².